The van der Waals surface area contributed by atoms with E-state index in [1.54, 1.807) is 0 Å². The van der Waals surface area contributed by atoms with Crippen molar-refractivity contribution in [2.75, 3.05) is 25.1 Å². The molecule has 0 saturated heterocycles. The van der Waals surface area contributed by atoms with Crippen molar-refractivity contribution in [1.82, 2.24) is 19.6 Å². The first kappa shape index (κ1) is 21.0. The van der Waals surface area contributed by atoms with Gasteiger partial charge in [-0.2, -0.15) is 17.5 Å². The zero-order chi connectivity index (χ0) is 20.9. The van der Waals surface area contributed by atoms with Crippen molar-refractivity contribution in [1.29, 1.82) is 0 Å². The lowest BCUT2D eigenvalue weighted by Crippen LogP contribution is -2.20. The molecule has 0 atom stereocenters. The summed E-state index contributed by atoms with van der Waals surface area (Å²) in [6.45, 7) is 3.01. The molecule has 0 N–H and O–H groups in total. The van der Waals surface area contributed by atoms with Crippen molar-refractivity contribution in [3.63, 3.8) is 0 Å². The van der Waals surface area contributed by atoms with E-state index in [9.17, 15) is 13.2 Å². The van der Waals surface area contributed by atoms with Crippen LogP contribution in [0.2, 0.25) is 0 Å². The molecule has 6 nitrogen and oxygen atoms in total. The highest BCUT2D eigenvalue weighted by Gasteiger charge is 2.29. The van der Waals surface area contributed by atoms with E-state index in [4.69, 9.17) is 4.74 Å². The van der Waals surface area contributed by atoms with Gasteiger partial charge in [0.1, 0.15) is 17.3 Å². The molecule has 0 amide bonds. The zero-order valence-electron chi connectivity index (χ0n) is 16.0. The average molecular weight is 423 g/mol. The highest BCUT2D eigenvalue weighted by molar-refractivity contribution is 7.09. The number of aryl methyl sites for hydroxylation is 1. The average Bonchev–Trinajstić information content (AvgIpc) is 3.14. The SMILES string of the molecule is Cc1nsc(-c2ccc(N(C)CCCCOc3ccc(C(F)(F)F)cc3)nn2)n1. The Morgan fingerprint density at radius 1 is 1.03 bits per heavy atom. The third-order valence-corrected chi connectivity index (χ3v) is 4.96. The van der Waals surface area contributed by atoms with E-state index in [2.05, 4.69) is 19.6 Å². The van der Waals surface area contributed by atoms with Gasteiger partial charge >= 0.3 is 6.18 Å². The predicted octanol–water partition coefficient (Wildman–Crippen LogP) is 4.62. The molecule has 29 heavy (non-hydrogen) atoms. The summed E-state index contributed by atoms with van der Waals surface area (Å²) in [6.07, 6.45) is -2.72. The largest absolute Gasteiger partial charge is 0.494 e. The van der Waals surface area contributed by atoms with Crippen molar-refractivity contribution < 1.29 is 17.9 Å². The van der Waals surface area contributed by atoms with Crippen LogP contribution in [0.3, 0.4) is 0 Å². The first-order chi connectivity index (χ1) is 13.8. The minimum atomic E-state index is -4.33. The molecule has 0 aliphatic carbocycles. The third-order valence-electron chi connectivity index (χ3n) is 4.13. The monoisotopic (exact) mass is 423 g/mol. The van der Waals surface area contributed by atoms with Crippen molar-refractivity contribution in [3.05, 3.63) is 47.8 Å². The lowest BCUT2D eigenvalue weighted by atomic mass is 10.2. The number of ether oxygens (including phenoxy) is 1. The Morgan fingerprint density at radius 2 is 1.79 bits per heavy atom. The molecule has 0 spiro atoms. The molecule has 0 aliphatic heterocycles. The van der Waals surface area contributed by atoms with Gasteiger partial charge in [0.05, 0.1) is 12.2 Å². The number of nitrogens with zero attached hydrogens (tertiary/aromatic N) is 5. The van der Waals surface area contributed by atoms with Gasteiger partial charge in [-0.15, -0.1) is 10.2 Å². The minimum Gasteiger partial charge on any atom is -0.494 e. The van der Waals surface area contributed by atoms with Crippen LogP contribution in [-0.4, -0.2) is 39.8 Å². The topological polar surface area (TPSA) is 64.0 Å². The molecule has 0 fully saturated rings. The summed E-state index contributed by atoms with van der Waals surface area (Å²) in [5.41, 5.74) is 0.0116. The Bertz CT molecular complexity index is 913. The number of hydrogen-bond acceptors (Lipinski definition) is 7. The van der Waals surface area contributed by atoms with Crippen LogP contribution < -0.4 is 9.64 Å². The van der Waals surface area contributed by atoms with E-state index in [0.717, 1.165) is 42.3 Å². The maximum Gasteiger partial charge on any atom is 0.416 e. The van der Waals surface area contributed by atoms with Crippen molar-refractivity contribution >= 4 is 17.4 Å². The van der Waals surface area contributed by atoms with Crippen LogP contribution in [0, 0.1) is 6.92 Å². The minimum absolute atomic E-state index is 0.430. The molecular weight excluding hydrogens is 403 g/mol. The second kappa shape index (κ2) is 9.17. The number of halogens is 3. The summed E-state index contributed by atoms with van der Waals surface area (Å²) in [5.74, 6) is 1.89. The molecular formula is C19H20F3N5OS. The fourth-order valence-electron chi connectivity index (χ4n) is 2.54. The molecule has 3 aromatic rings. The van der Waals surface area contributed by atoms with E-state index in [-0.39, 0.29) is 0 Å². The Morgan fingerprint density at radius 3 is 2.38 bits per heavy atom. The number of benzene rings is 1. The number of hydrogen-bond donors (Lipinski definition) is 0. The van der Waals surface area contributed by atoms with Gasteiger partial charge < -0.3 is 9.64 Å². The van der Waals surface area contributed by atoms with Gasteiger partial charge in [0.2, 0.25) is 0 Å². The van der Waals surface area contributed by atoms with Gasteiger partial charge in [-0.3, -0.25) is 0 Å². The van der Waals surface area contributed by atoms with Crippen LogP contribution in [0.1, 0.15) is 24.2 Å². The van der Waals surface area contributed by atoms with Gasteiger partial charge in [0, 0.05) is 13.6 Å². The van der Waals surface area contributed by atoms with Crippen molar-refractivity contribution in [2.45, 2.75) is 25.9 Å². The molecule has 0 unspecified atom stereocenters. The Kier molecular flexibility index (Phi) is 6.63. The van der Waals surface area contributed by atoms with Crippen LogP contribution in [-0.2, 0) is 6.18 Å². The first-order valence-corrected chi connectivity index (χ1v) is 9.76. The lowest BCUT2D eigenvalue weighted by molar-refractivity contribution is -0.137. The molecule has 3 rings (SSSR count). The van der Waals surface area contributed by atoms with E-state index in [1.807, 2.05) is 31.0 Å². The van der Waals surface area contributed by atoms with Gasteiger partial charge in [0.15, 0.2) is 10.8 Å². The quantitative estimate of drug-likeness (QED) is 0.493. The van der Waals surface area contributed by atoms with Gasteiger partial charge in [0.25, 0.3) is 0 Å². The summed E-state index contributed by atoms with van der Waals surface area (Å²) in [4.78, 5) is 6.28. The van der Waals surface area contributed by atoms with Gasteiger partial charge in [-0.05, 0) is 67.7 Å². The van der Waals surface area contributed by atoms with E-state index >= 15 is 0 Å². The Hall–Kier alpha value is -2.75. The number of aromatic nitrogens is 4. The fraction of sp³-hybridized carbons (Fsp3) is 0.368. The Balaban J connectivity index is 1.40. The van der Waals surface area contributed by atoms with Gasteiger partial charge in [-0.1, -0.05) is 0 Å². The number of anilines is 1. The van der Waals surface area contributed by atoms with Crippen LogP contribution in [0.15, 0.2) is 36.4 Å². The maximum atomic E-state index is 12.5. The first-order valence-electron chi connectivity index (χ1n) is 8.98. The second-order valence-corrected chi connectivity index (χ2v) is 7.17. The summed E-state index contributed by atoms with van der Waals surface area (Å²) >= 11 is 1.29. The van der Waals surface area contributed by atoms with E-state index in [1.165, 1.54) is 23.7 Å². The van der Waals surface area contributed by atoms with E-state index in [0.29, 0.717) is 23.9 Å². The molecule has 0 radical (unpaired) electrons. The highest BCUT2D eigenvalue weighted by Crippen LogP contribution is 2.30. The van der Waals surface area contributed by atoms with Gasteiger partial charge in [-0.25, -0.2) is 4.98 Å². The van der Waals surface area contributed by atoms with Crippen LogP contribution in [0.25, 0.3) is 10.7 Å². The zero-order valence-corrected chi connectivity index (χ0v) is 16.8. The van der Waals surface area contributed by atoms with Crippen molar-refractivity contribution in [3.8, 4) is 16.5 Å². The van der Waals surface area contributed by atoms with Crippen LogP contribution in [0.5, 0.6) is 5.75 Å². The van der Waals surface area contributed by atoms with Crippen molar-refractivity contribution in [2.24, 2.45) is 0 Å². The molecule has 2 heterocycles. The summed E-state index contributed by atoms with van der Waals surface area (Å²) in [6, 6.07) is 8.48. The summed E-state index contributed by atoms with van der Waals surface area (Å²) in [7, 11) is 1.93. The normalized spacial score (nSPS) is 11.5. The molecule has 1 aromatic carbocycles. The smallest absolute Gasteiger partial charge is 0.416 e. The number of unbranched alkanes of at least 4 members (excludes halogenated alkanes) is 1. The maximum absolute atomic E-state index is 12.5. The standard InChI is InChI=1S/C19H20F3N5OS/c1-13-23-18(29-26-13)16-9-10-17(25-24-16)27(2)11-3-4-12-28-15-7-5-14(6-8-15)19(20,21)22/h5-10H,3-4,11-12H2,1-2H3. The molecule has 10 heteroatoms. The highest BCUT2D eigenvalue weighted by atomic mass is 32.1. The lowest BCUT2D eigenvalue weighted by Gasteiger charge is -2.17. The molecule has 154 valence electrons. The Labute approximate surface area is 170 Å². The second-order valence-electron chi connectivity index (χ2n) is 6.42. The van der Waals surface area contributed by atoms with Crippen LogP contribution in [0.4, 0.5) is 19.0 Å². The molecule has 2 aromatic heterocycles. The fourth-order valence-corrected chi connectivity index (χ4v) is 3.17. The molecule has 0 bridgehead atoms. The number of rotatable bonds is 8. The number of alkyl halides is 3. The van der Waals surface area contributed by atoms with Crippen LogP contribution >= 0.6 is 11.5 Å². The molecule has 0 saturated carbocycles. The van der Waals surface area contributed by atoms with E-state index < -0.39 is 11.7 Å². The summed E-state index contributed by atoms with van der Waals surface area (Å²) in [5, 5.41) is 9.17. The third kappa shape index (κ3) is 5.86. The molecule has 0 aliphatic rings. The predicted molar refractivity (Wildman–Crippen MR) is 105 cm³/mol. The summed E-state index contributed by atoms with van der Waals surface area (Å²) < 4.78 is 47.2.